The van der Waals surface area contributed by atoms with E-state index < -0.39 is 6.09 Å². The second kappa shape index (κ2) is 8.33. The van der Waals surface area contributed by atoms with Gasteiger partial charge in [-0.3, -0.25) is 5.32 Å². The number of nitrogen functional groups attached to an aromatic ring is 1. The summed E-state index contributed by atoms with van der Waals surface area (Å²) in [6, 6.07) is 13.3. The van der Waals surface area contributed by atoms with Gasteiger partial charge in [0.15, 0.2) is 0 Å². The number of anilines is 2. The lowest BCUT2D eigenvalue weighted by molar-refractivity contribution is 0.168. The van der Waals surface area contributed by atoms with E-state index in [0.29, 0.717) is 30.3 Å². The molecule has 2 rings (SSSR count). The average molecular weight is 332 g/mol. The molecular weight excluding hydrogens is 312 g/mol. The number of carbonyl (C=O) groups excluding carboxylic acids is 1. The fourth-order valence-electron chi connectivity index (χ4n) is 1.91. The van der Waals surface area contributed by atoms with E-state index in [-0.39, 0.29) is 0 Å². The molecule has 0 bridgehead atoms. The molecule has 0 unspecified atom stereocenters. The quantitative estimate of drug-likeness (QED) is 0.614. The molecule has 0 aliphatic carbocycles. The van der Waals surface area contributed by atoms with E-state index in [4.69, 9.17) is 15.2 Å². The van der Waals surface area contributed by atoms with Crippen LogP contribution in [0.2, 0.25) is 0 Å². The van der Waals surface area contributed by atoms with Gasteiger partial charge in [0.05, 0.1) is 18.0 Å². The molecule has 6 heteroatoms. The molecule has 0 aromatic heterocycles. The van der Waals surface area contributed by atoms with Crippen LogP contribution in [0.5, 0.6) is 5.75 Å². The Bertz CT molecular complexity index is 659. The van der Waals surface area contributed by atoms with Crippen molar-refractivity contribution in [2.75, 3.05) is 23.9 Å². The van der Waals surface area contributed by atoms with Gasteiger partial charge in [0.2, 0.25) is 0 Å². The van der Waals surface area contributed by atoms with Crippen LogP contribution in [-0.4, -0.2) is 19.0 Å². The molecule has 2 aromatic rings. The number of nitrogens with two attached hydrogens (primary N) is 1. The van der Waals surface area contributed by atoms with Crippen LogP contribution in [0.15, 0.2) is 47.4 Å². The average Bonchev–Trinajstić information content (AvgIpc) is 2.56. The van der Waals surface area contributed by atoms with Gasteiger partial charge in [-0.1, -0.05) is 12.1 Å². The molecule has 0 heterocycles. The van der Waals surface area contributed by atoms with Crippen molar-refractivity contribution in [2.24, 2.45) is 0 Å². The first-order valence-electron chi connectivity index (χ1n) is 7.21. The fraction of sp³-hybridized carbons (Fsp3) is 0.235. The minimum absolute atomic E-state index is 0.308. The second-order valence-electron chi connectivity index (χ2n) is 4.73. The topological polar surface area (TPSA) is 73.6 Å². The lowest BCUT2D eigenvalue weighted by atomic mass is 10.2. The fourth-order valence-corrected chi connectivity index (χ4v) is 2.32. The van der Waals surface area contributed by atoms with Crippen LogP contribution < -0.4 is 15.8 Å². The predicted molar refractivity (Wildman–Crippen MR) is 94.1 cm³/mol. The third-order valence-corrected chi connectivity index (χ3v) is 3.84. The Labute approximate surface area is 140 Å². The zero-order chi connectivity index (χ0) is 16.7. The van der Waals surface area contributed by atoms with Gasteiger partial charge in [0.1, 0.15) is 12.4 Å². The summed E-state index contributed by atoms with van der Waals surface area (Å²) in [7, 11) is 0. The Kier molecular flexibility index (Phi) is 6.17. The van der Waals surface area contributed by atoms with E-state index in [0.717, 1.165) is 5.56 Å². The van der Waals surface area contributed by atoms with E-state index >= 15 is 0 Å². The predicted octanol–water partition coefficient (Wildman–Crippen LogP) is 4.14. The van der Waals surface area contributed by atoms with E-state index in [9.17, 15) is 4.79 Å². The molecule has 0 aliphatic rings. The lowest BCUT2D eigenvalue weighted by Gasteiger charge is -2.11. The summed E-state index contributed by atoms with van der Waals surface area (Å²) in [6.07, 6.45) is 1.52. The van der Waals surface area contributed by atoms with Crippen LogP contribution in [0.3, 0.4) is 0 Å². The summed E-state index contributed by atoms with van der Waals surface area (Å²) in [6.45, 7) is 2.51. The highest BCUT2D eigenvalue weighted by molar-refractivity contribution is 7.98. The first-order valence-corrected chi connectivity index (χ1v) is 8.44. The number of carbonyl (C=O) groups is 1. The summed E-state index contributed by atoms with van der Waals surface area (Å²) < 4.78 is 10.5. The maximum Gasteiger partial charge on any atom is 0.411 e. The van der Waals surface area contributed by atoms with Crippen LogP contribution in [0.1, 0.15) is 12.5 Å². The summed E-state index contributed by atoms with van der Waals surface area (Å²) in [5, 5.41) is 2.58. The van der Waals surface area contributed by atoms with E-state index in [1.165, 1.54) is 4.90 Å². The van der Waals surface area contributed by atoms with Crippen LogP contribution in [0.25, 0.3) is 0 Å². The molecule has 3 N–H and O–H groups in total. The van der Waals surface area contributed by atoms with Crippen LogP contribution in [0.4, 0.5) is 16.2 Å². The number of thioether (sulfide) groups is 1. The molecule has 0 aliphatic heterocycles. The van der Waals surface area contributed by atoms with E-state index in [1.807, 2.05) is 18.4 Å². The number of benzene rings is 2. The van der Waals surface area contributed by atoms with Gasteiger partial charge >= 0.3 is 6.09 Å². The molecule has 0 saturated carbocycles. The molecule has 0 radical (unpaired) electrons. The number of amides is 1. The first kappa shape index (κ1) is 17.0. The summed E-state index contributed by atoms with van der Waals surface area (Å²) in [5.74, 6) is 0.644. The van der Waals surface area contributed by atoms with Gasteiger partial charge in [-0.15, -0.1) is 11.8 Å². The van der Waals surface area contributed by atoms with Crippen molar-refractivity contribution in [2.45, 2.75) is 18.4 Å². The Hall–Kier alpha value is -2.34. The zero-order valence-electron chi connectivity index (χ0n) is 13.2. The molecule has 23 heavy (non-hydrogen) atoms. The van der Waals surface area contributed by atoms with Crippen LogP contribution in [0, 0.1) is 0 Å². The van der Waals surface area contributed by atoms with Crippen molar-refractivity contribution < 1.29 is 14.3 Å². The summed E-state index contributed by atoms with van der Waals surface area (Å²) in [4.78, 5) is 12.6. The van der Waals surface area contributed by atoms with Gasteiger partial charge < -0.3 is 15.2 Å². The highest BCUT2D eigenvalue weighted by atomic mass is 32.2. The molecule has 2 aromatic carbocycles. The molecule has 1 amide bonds. The number of hydrogen-bond acceptors (Lipinski definition) is 5. The monoisotopic (exact) mass is 332 g/mol. The number of hydrogen-bond donors (Lipinski definition) is 2. The third-order valence-electron chi connectivity index (χ3n) is 3.10. The molecule has 0 spiro atoms. The highest BCUT2D eigenvalue weighted by Gasteiger charge is 2.07. The first-order chi connectivity index (χ1) is 11.1. The van der Waals surface area contributed by atoms with Gasteiger partial charge in [-0.05, 0) is 43.0 Å². The number of nitrogens with one attached hydrogen (secondary N) is 1. The Morgan fingerprint density at radius 2 is 1.96 bits per heavy atom. The molecule has 0 atom stereocenters. The zero-order valence-corrected chi connectivity index (χ0v) is 14.0. The van der Waals surface area contributed by atoms with Gasteiger partial charge in [-0.2, -0.15) is 0 Å². The molecule has 5 nitrogen and oxygen atoms in total. The normalized spacial score (nSPS) is 10.2. The van der Waals surface area contributed by atoms with Crippen molar-refractivity contribution in [3.05, 3.63) is 48.0 Å². The molecule has 122 valence electrons. The minimum Gasteiger partial charge on any atom is -0.489 e. The Morgan fingerprint density at radius 1 is 1.22 bits per heavy atom. The Balaban J connectivity index is 1.95. The SMILES string of the molecule is CCOC(=O)Nc1ccc(OCc2ccc(SC)cc2)cc1N. The third kappa shape index (κ3) is 5.10. The van der Waals surface area contributed by atoms with Crippen molar-refractivity contribution in [3.8, 4) is 5.75 Å². The van der Waals surface area contributed by atoms with Crippen molar-refractivity contribution >= 4 is 29.2 Å². The van der Waals surface area contributed by atoms with Crippen LogP contribution in [-0.2, 0) is 11.3 Å². The van der Waals surface area contributed by atoms with Gasteiger partial charge in [0.25, 0.3) is 0 Å². The second-order valence-corrected chi connectivity index (χ2v) is 5.61. The van der Waals surface area contributed by atoms with Gasteiger partial charge in [0, 0.05) is 11.0 Å². The number of rotatable bonds is 6. The molecule has 0 fully saturated rings. The maximum absolute atomic E-state index is 11.4. The van der Waals surface area contributed by atoms with Crippen molar-refractivity contribution in [1.29, 1.82) is 0 Å². The van der Waals surface area contributed by atoms with Crippen molar-refractivity contribution in [1.82, 2.24) is 0 Å². The summed E-state index contributed by atoms with van der Waals surface area (Å²) in [5.41, 5.74) is 7.92. The van der Waals surface area contributed by atoms with Crippen LogP contribution >= 0.6 is 11.8 Å². The highest BCUT2D eigenvalue weighted by Crippen LogP contribution is 2.25. The van der Waals surface area contributed by atoms with E-state index in [2.05, 4.69) is 17.4 Å². The Morgan fingerprint density at radius 3 is 2.57 bits per heavy atom. The largest absolute Gasteiger partial charge is 0.489 e. The maximum atomic E-state index is 11.4. The van der Waals surface area contributed by atoms with Gasteiger partial charge in [-0.25, -0.2) is 4.79 Å². The van der Waals surface area contributed by atoms with Crippen molar-refractivity contribution in [3.63, 3.8) is 0 Å². The molecular formula is C17H20N2O3S. The van der Waals surface area contributed by atoms with E-state index in [1.54, 1.807) is 36.9 Å². The minimum atomic E-state index is -0.526. The number of ether oxygens (including phenoxy) is 2. The molecule has 0 saturated heterocycles. The standard InChI is InChI=1S/C17H20N2O3S/c1-3-21-17(20)19-16-9-6-13(10-15(16)18)22-11-12-4-7-14(23-2)8-5-12/h4-10H,3,11,18H2,1-2H3,(H,19,20). The smallest absolute Gasteiger partial charge is 0.411 e. The summed E-state index contributed by atoms with van der Waals surface area (Å²) >= 11 is 1.70. The lowest BCUT2D eigenvalue weighted by Crippen LogP contribution is -2.14.